The average molecular weight is 248 g/mol. The van der Waals surface area contributed by atoms with Gasteiger partial charge >= 0.3 is 5.97 Å². The minimum Gasteiger partial charge on any atom is -0.466 e. The van der Waals surface area contributed by atoms with Gasteiger partial charge in [0.05, 0.1) is 13.0 Å². The minimum atomic E-state index is -0.241. The van der Waals surface area contributed by atoms with E-state index in [4.69, 9.17) is 4.74 Å². The number of hydrogen-bond donors (Lipinski definition) is 0. The molecule has 3 heteroatoms. The largest absolute Gasteiger partial charge is 0.466 e. The van der Waals surface area contributed by atoms with E-state index >= 15 is 0 Å². The summed E-state index contributed by atoms with van der Waals surface area (Å²) < 4.78 is 4.96. The third-order valence-electron chi connectivity index (χ3n) is 2.86. The van der Waals surface area contributed by atoms with Crippen LogP contribution in [0.25, 0.3) is 0 Å². The number of hydrogen-bond acceptors (Lipinski definition) is 3. The van der Waals surface area contributed by atoms with Gasteiger partial charge in [0.25, 0.3) is 0 Å². The molecule has 0 fully saturated rings. The van der Waals surface area contributed by atoms with Crippen LogP contribution in [0.4, 0.5) is 0 Å². The van der Waals surface area contributed by atoms with Crippen molar-refractivity contribution in [1.29, 1.82) is 0 Å². The molecule has 0 aromatic heterocycles. The second-order valence-electron chi connectivity index (χ2n) is 4.21. The normalized spacial score (nSPS) is 11.9. The lowest BCUT2D eigenvalue weighted by Crippen LogP contribution is -2.13. The molecule has 98 valence electrons. The molecule has 0 heterocycles. The van der Waals surface area contributed by atoms with Crippen molar-refractivity contribution < 1.29 is 14.3 Å². The molecule has 0 aliphatic rings. The molecule has 0 aliphatic carbocycles. The van der Waals surface area contributed by atoms with E-state index in [2.05, 4.69) is 0 Å². The second-order valence-corrected chi connectivity index (χ2v) is 4.21. The van der Waals surface area contributed by atoms with Gasteiger partial charge in [-0.25, -0.2) is 0 Å². The second kappa shape index (κ2) is 7.64. The number of carbonyl (C=O) groups is 2. The lowest BCUT2D eigenvalue weighted by atomic mass is 9.90. The van der Waals surface area contributed by atoms with E-state index < -0.39 is 0 Å². The van der Waals surface area contributed by atoms with Crippen molar-refractivity contribution >= 4 is 11.8 Å². The Hall–Kier alpha value is -1.64. The fourth-order valence-corrected chi connectivity index (χ4v) is 1.87. The Morgan fingerprint density at radius 2 is 1.78 bits per heavy atom. The van der Waals surface area contributed by atoms with Gasteiger partial charge in [-0.15, -0.1) is 0 Å². The molecule has 1 aromatic carbocycles. The predicted molar refractivity (Wildman–Crippen MR) is 70.3 cm³/mol. The molecule has 1 aromatic rings. The van der Waals surface area contributed by atoms with E-state index in [-0.39, 0.29) is 24.1 Å². The standard InChI is InChI=1S/C15H20O3/c1-3-14(16)10-13(11-15(17)18-4-2)12-8-6-5-7-9-12/h5-9,13H,3-4,10-11H2,1-2H3/t13-/m1/s1. The Balaban J connectivity index is 2.75. The molecule has 0 radical (unpaired) electrons. The van der Waals surface area contributed by atoms with Crippen molar-refractivity contribution in [3.05, 3.63) is 35.9 Å². The lowest BCUT2D eigenvalue weighted by Gasteiger charge is -2.15. The molecule has 0 spiro atoms. The molecule has 18 heavy (non-hydrogen) atoms. The Bertz CT molecular complexity index is 384. The van der Waals surface area contributed by atoms with Gasteiger partial charge in [-0.2, -0.15) is 0 Å². The summed E-state index contributed by atoms with van der Waals surface area (Å²) in [4.78, 5) is 23.1. The van der Waals surface area contributed by atoms with Crippen LogP contribution >= 0.6 is 0 Å². The third-order valence-corrected chi connectivity index (χ3v) is 2.86. The maximum Gasteiger partial charge on any atom is 0.306 e. The van der Waals surface area contributed by atoms with Crippen molar-refractivity contribution in [2.45, 2.75) is 39.0 Å². The van der Waals surface area contributed by atoms with Crippen LogP contribution in [-0.4, -0.2) is 18.4 Å². The maximum atomic E-state index is 11.6. The summed E-state index contributed by atoms with van der Waals surface area (Å²) in [7, 11) is 0. The van der Waals surface area contributed by atoms with Crippen LogP contribution in [0.15, 0.2) is 30.3 Å². The highest BCUT2D eigenvalue weighted by molar-refractivity contribution is 5.80. The van der Waals surface area contributed by atoms with E-state index in [0.717, 1.165) is 5.56 Å². The Labute approximate surface area is 108 Å². The average Bonchev–Trinajstić information content (AvgIpc) is 2.39. The number of Topliss-reactive ketones (excluding diaryl/α,β-unsaturated/α-hetero) is 1. The number of ether oxygens (including phenoxy) is 1. The predicted octanol–water partition coefficient (Wildman–Crippen LogP) is 3.09. The highest BCUT2D eigenvalue weighted by Crippen LogP contribution is 2.24. The van der Waals surface area contributed by atoms with Gasteiger partial charge in [-0.3, -0.25) is 9.59 Å². The van der Waals surface area contributed by atoms with Gasteiger partial charge < -0.3 is 4.74 Å². The van der Waals surface area contributed by atoms with Gasteiger partial charge in [0.2, 0.25) is 0 Å². The third kappa shape index (κ3) is 4.70. The van der Waals surface area contributed by atoms with Crippen LogP contribution in [-0.2, 0) is 14.3 Å². The molecule has 0 N–H and O–H groups in total. The molecule has 0 unspecified atom stereocenters. The Morgan fingerprint density at radius 3 is 2.33 bits per heavy atom. The first kappa shape index (κ1) is 14.4. The van der Waals surface area contributed by atoms with Crippen LogP contribution in [0.3, 0.4) is 0 Å². The Kier molecular flexibility index (Phi) is 6.12. The molecule has 0 bridgehead atoms. The van der Waals surface area contributed by atoms with Crippen LogP contribution < -0.4 is 0 Å². The van der Waals surface area contributed by atoms with Crippen molar-refractivity contribution in [3.8, 4) is 0 Å². The number of benzene rings is 1. The molecule has 0 saturated carbocycles. The summed E-state index contributed by atoms with van der Waals surface area (Å²) >= 11 is 0. The molecule has 1 atom stereocenters. The number of esters is 1. The van der Waals surface area contributed by atoms with E-state index in [1.54, 1.807) is 6.92 Å². The van der Waals surface area contributed by atoms with Crippen LogP contribution in [0.2, 0.25) is 0 Å². The smallest absolute Gasteiger partial charge is 0.306 e. The summed E-state index contributed by atoms with van der Waals surface area (Å²) in [5, 5.41) is 0. The zero-order chi connectivity index (χ0) is 13.4. The van der Waals surface area contributed by atoms with Crippen molar-refractivity contribution in [1.82, 2.24) is 0 Å². The van der Waals surface area contributed by atoms with Gasteiger partial charge in [0, 0.05) is 18.8 Å². The van der Waals surface area contributed by atoms with Gasteiger partial charge in [0.15, 0.2) is 0 Å². The van der Waals surface area contributed by atoms with Crippen LogP contribution in [0, 0.1) is 0 Å². The fraction of sp³-hybridized carbons (Fsp3) is 0.467. The highest BCUT2D eigenvalue weighted by Gasteiger charge is 2.19. The quantitative estimate of drug-likeness (QED) is 0.696. The zero-order valence-corrected chi connectivity index (χ0v) is 11.0. The first-order chi connectivity index (χ1) is 8.67. The van der Waals surface area contributed by atoms with Crippen molar-refractivity contribution in [2.75, 3.05) is 6.61 Å². The molecule has 3 nitrogen and oxygen atoms in total. The molecule has 0 aliphatic heterocycles. The van der Waals surface area contributed by atoms with Crippen LogP contribution in [0.5, 0.6) is 0 Å². The molecule has 0 amide bonds. The molecular weight excluding hydrogens is 228 g/mol. The topological polar surface area (TPSA) is 43.4 Å². The molecule has 0 saturated heterocycles. The van der Waals surface area contributed by atoms with E-state index in [1.807, 2.05) is 37.3 Å². The van der Waals surface area contributed by atoms with Crippen molar-refractivity contribution in [2.24, 2.45) is 0 Å². The molecule has 1 rings (SSSR count). The SMILES string of the molecule is CCOC(=O)C[C@@H](CC(=O)CC)c1ccccc1. The monoisotopic (exact) mass is 248 g/mol. The lowest BCUT2D eigenvalue weighted by molar-refractivity contribution is -0.143. The summed E-state index contributed by atoms with van der Waals surface area (Å²) in [6.45, 7) is 4.00. The first-order valence-corrected chi connectivity index (χ1v) is 6.39. The number of rotatable bonds is 7. The maximum absolute atomic E-state index is 11.6. The van der Waals surface area contributed by atoms with E-state index in [1.165, 1.54) is 0 Å². The number of ketones is 1. The summed E-state index contributed by atoms with van der Waals surface area (Å²) in [5.41, 5.74) is 1.02. The zero-order valence-electron chi connectivity index (χ0n) is 11.0. The fourth-order valence-electron chi connectivity index (χ4n) is 1.87. The molecular formula is C15H20O3. The van der Waals surface area contributed by atoms with Crippen molar-refractivity contribution in [3.63, 3.8) is 0 Å². The summed E-state index contributed by atoms with van der Waals surface area (Å²) in [6.07, 6.45) is 1.18. The highest BCUT2D eigenvalue weighted by atomic mass is 16.5. The minimum absolute atomic E-state index is 0.0716. The number of carbonyl (C=O) groups excluding carboxylic acids is 2. The summed E-state index contributed by atoms with van der Waals surface area (Å²) in [5.74, 6) is -0.138. The Morgan fingerprint density at radius 1 is 1.11 bits per heavy atom. The van der Waals surface area contributed by atoms with Gasteiger partial charge in [0.1, 0.15) is 5.78 Å². The summed E-state index contributed by atoms with van der Waals surface area (Å²) in [6, 6.07) is 9.67. The van der Waals surface area contributed by atoms with E-state index in [0.29, 0.717) is 19.4 Å². The van der Waals surface area contributed by atoms with Gasteiger partial charge in [-0.1, -0.05) is 37.3 Å². The van der Waals surface area contributed by atoms with E-state index in [9.17, 15) is 9.59 Å². The van der Waals surface area contributed by atoms with Crippen LogP contribution in [0.1, 0.15) is 44.6 Å². The first-order valence-electron chi connectivity index (χ1n) is 6.39. The van der Waals surface area contributed by atoms with Gasteiger partial charge in [-0.05, 0) is 12.5 Å².